The molecule has 1 atom stereocenters. The summed E-state index contributed by atoms with van der Waals surface area (Å²) in [5.41, 5.74) is 6.28. The van der Waals surface area contributed by atoms with E-state index >= 15 is 0 Å². The largest absolute Gasteiger partial charge is 0.395 e. The summed E-state index contributed by atoms with van der Waals surface area (Å²) in [4.78, 5) is 14.1. The lowest BCUT2D eigenvalue weighted by atomic mass is 10.3. The van der Waals surface area contributed by atoms with E-state index in [-0.39, 0.29) is 17.2 Å². The third kappa shape index (κ3) is 2.88. The standard InChI is InChI=1S/C11H14N2O2S2/c12-10(15)7-16-11-13(5-6-14)8-3-1-2-4-9(8)17-11/h1-4,11,14H,5-7H2,(H2,12,15). The van der Waals surface area contributed by atoms with Crippen molar-refractivity contribution in [3.63, 3.8) is 0 Å². The second-order valence-electron chi connectivity index (χ2n) is 3.59. The first-order valence-corrected chi connectivity index (χ1v) is 7.18. The first kappa shape index (κ1) is 12.6. The number of β-amino-alcohol motifs (C(OH)–C–C–N with tert-alkyl or cyclic N) is 1. The van der Waals surface area contributed by atoms with Crippen LogP contribution in [0.1, 0.15) is 0 Å². The smallest absolute Gasteiger partial charge is 0.227 e. The normalized spacial score (nSPS) is 18.2. The number of anilines is 1. The highest BCUT2D eigenvalue weighted by atomic mass is 32.2. The Bertz CT molecular complexity index is 414. The van der Waals surface area contributed by atoms with Crippen molar-refractivity contribution >= 4 is 35.1 Å². The van der Waals surface area contributed by atoms with Crippen molar-refractivity contribution in [2.24, 2.45) is 5.73 Å². The van der Waals surface area contributed by atoms with Crippen molar-refractivity contribution in [3.8, 4) is 0 Å². The fourth-order valence-electron chi connectivity index (χ4n) is 1.69. The first-order chi connectivity index (χ1) is 8.22. The molecule has 1 aromatic carbocycles. The Morgan fingerprint density at radius 2 is 2.29 bits per heavy atom. The summed E-state index contributed by atoms with van der Waals surface area (Å²) in [5.74, 6) is -0.0105. The summed E-state index contributed by atoms with van der Waals surface area (Å²) < 4.78 is 0.118. The molecule has 1 amide bonds. The quantitative estimate of drug-likeness (QED) is 0.838. The van der Waals surface area contributed by atoms with Gasteiger partial charge in [-0.05, 0) is 12.1 Å². The van der Waals surface area contributed by atoms with Gasteiger partial charge in [-0.15, -0.1) is 11.8 Å². The number of hydrogen-bond donors (Lipinski definition) is 2. The van der Waals surface area contributed by atoms with Crippen LogP contribution in [-0.4, -0.2) is 34.6 Å². The van der Waals surface area contributed by atoms with E-state index in [1.807, 2.05) is 18.2 Å². The number of hydrogen-bond acceptors (Lipinski definition) is 5. The van der Waals surface area contributed by atoms with Crippen LogP contribution in [0.3, 0.4) is 0 Å². The molecule has 92 valence electrons. The van der Waals surface area contributed by atoms with Gasteiger partial charge in [0.2, 0.25) is 5.91 Å². The van der Waals surface area contributed by atoms with Gasteiger partial charge in [-0.3, -0.25) is 4.79 Å². The van der Waals surface area contributed by atoms with Gasteiger partial charge in [-0.1, -0.05) is 23.9 Å². The van der Waals surface area contributed by atoms with Gasteiger partial charge in [-0.25, -0.2) is 0 Å². The van der Waals surface area contributed by atoms with E-state index in [1.165, 1.54) is 16.7 Å². The van der Waals surface area contributed by atoms with Crippen LogP contribution in [0.5, 0.6) is 0 Å². The van der Waals surface area contributed by atoms with Crippen LogP contribution in [0.25, 0.3) is 0 Å². The zero-order chi connectivity index (χ0) is 12.3. The monoisotopic (exact) mass is 270 g/mol. The molecule has 4 nitrogen and oxygen atoms in total. The van der Waals surface area contributed by atoms with Crippen LogP contribution in [0.4, 0.5) is 5.69 Å². The highest BCUT2D eigenvalue weighted by Crippen LogP contribution is 2.47. The lowest BCUT2D eigenvalue weighted by Crippen LogP contribution is -2.31. The molecule has 1 unspecified atom stereocenters. The number of para-hydroxylation sites is 1. The average molecular weight is 270 g/mol. The molecule has 6 heteroatoms. The molecule has 0 aromatic heterocycles. The molecule has 1 heterocycles. The Morgan fingerprint density at radius 3 is 3.00 bits per heavy atom. The maximum Gasteiger partial charge on any atom is 0.227 e. The average Bonchev–Trinajstić information content (AvgIpc) is 2.66. The van der Waals surface area contributed by atoms with Crippen molar-refractivity contribution in [1.29, 1.82) is 0 Å². The van der Waals surface area contributed by atoms with E-state index in [0.717, 1.165) is 5.69 Å². The molecule has 1 aliphatic rings. The lowest BCUT2D eigenvalue weighted by molar-refractivity contribution is -0.115. The zero-order valence-corrected chi connectivity index (χ0v) is 10.8. The van der Waals surface area contributed by atoms with E-state index in [9.17, 15) is 4.79 Å². The Hall–Kier alpha value is -0.850. The predicted octanol–water partition coefficient (Wildman–Crippen LogP) is 1.09. The molecule has 0 aliphatic carbocycles. The van der Waals surface area contributed by atoms with Crippen molar-refractivity contribution in [2.75, 3.05) is 23.8 Å². The Balaban J connectivity index is 2.11. The maximum absolute atomic E-state index is 10.8. The summed E-state index contributed by atoms with van der Waals surface area (Å²) in [6.45, 7) is 0.670. The number of nitrogens with zero attached hydrogens (tertiary/aromatic N) is 1. The number of carbonyl (C=O) groups is 1. The number of carbonyl (C=O) groups excluding carboxylic acids is 1. The minimum Gasteiger partial charge on any atom is -0.395 e. The van der Waals surface area contributed by atoms with E-state index in [0.29, 0.717) is 12.3 Å². The van der Waals surface area contributed by atoms with E-state index in [4.69, 9.17) is 10.8 Å². The number of aliphatic hydroxyl groups excluding tert-OH is 1. The summed E-state index contributed by atoms with van der Waals surface area (Å²) >= 11 is 3.20. The molecule has 0 radical (unpaired) electrons. The lowest BCUT2D eigenvalue weighted by Gasteiger charge is -2.24. The second-order valence-corrected chi connectivity index (χ2v) is 6.08. The SMILES string of the molecule is NC(=O)CSC1Sc2ccccc2N1CCO. The fourth-order valence-corrected chi connectivity index (χ4v) is 4.21. The minimum absolute atomic E-state index is 0.0997. The molecule has 3 N–H and O–H groups in total. The van der Waals surface area contributed by atoms with Crippen LogP contribution in [0.15, 0.2) is 29.2 Å². The molecular formula is C11H14N2O2S2. The van der Waals surface area contributed by atoms with Crippen LogP contribution in [0.2, 0.25) is 0 Å². The van der Waals surface area contributed by atoms with Crippen LogP contribution in [-0.2, 0) is 4.79 Å². The zero-order valence-electron chi connectivity index (χ0n) is 9.20. The number of amides is 1. The van der Waals surface area contributed by atoms with Crippen molar-refractivity contribution < 1.29 is 9.90 Å². The molecule has 1 aromatic rings. The number of fused-ring (bicyclic) bond motifs is 1. The van der Waals surface area contributed by atoms with Gasteiger partial charge < -0.3 is 15.7 Å². The fraction of sp³-hybridized carbons (Fsp3) is 0.364. The van der Waals surface area contributed by atoms with Gasteiger partial charge in [0.15, 0.2) is 0 Å². The summed E-state index contributed by atoms with van der Waals surface area (Å²) in [6.07, 6.45) is 0. The van der Waals surface area contributed by atoms with Gasteiger partial charge in [0, 0.05) is 11.4 Å². The van der Waals surface area contributed by atoms with Gasteiger partial charge in [0.1, 0.15) is 4.71 Å². The Labute approximate surface area is 109 Å². The Kier molecular flexibility index (Phi) is 4.20. The predicted molar refractivity (Wildman–Crippen MR) is 72.2 cm³/mol. The van der Waals surface area contributed by atoms with E-state index < -0.39 is 0 Å². The topological polar surface area (TPSA) is 66.6 Å². The summed E-state index contributed by atoms with van der Waals surface area (Å²) in [6, 6.07) is 8.05. The van der Waals surface area contributed by atoms with Gasteiger partial charge in [-0.2, -0.15) is 0 Å². The van der Waals surface area contributed by atoms with Crippen LogP contribution in [0, 0.1) is 0 Å². The number of nitrogens with two attached hydrogens (primary N) is 1. The number of rotatable bonds is 5. The molecule has 0 saturated heterocycles. The van der Waals surface area contributed by atoms with Gasteiger partial charge >= 0.3 is 0 Å². The molecule has 1 aliphatic heterocycles. The van der Waals surface area contributed by atoms with Crippen molar-refractivity contribution in [2.45, 2.75) is 9.60 Å². The number of thioether (sulfide) groups is 2. The van der Waals surface area contributed by atoms with E-state index in [1.54, 1.807) is 11.8 Å². The minimum atomic E-state index is -0.310. The molecular weight excluding hydrogens is 256 g/mol. The van der Waals surface area contributed by atoms with Crippen molar-refractivity contribution in [1.82, 2.24) is 0 Å². The molecule has 0 spiro atoms. The highest BCUT2D eigenvalue weighted by molar-refractivity contribution is 8.17. The molecule has 0 saturated carbocycles. The molecule has 2 rings (SSSR count). The van der Waals surface area contributed by atoms with E-state index in [2.05, 4.69) is 11.0 Å². The first-order valence-electron chi connectivity index (χ1n) is 5.25. The highest BCUT2D eigenvalue weighted by Gasteiger charge is 2.29. The second kappa shape index (κ2) is 5.66. The van der Waals surface area contributed by atoms with Gasteiger partial charge in [0.05, 0.1) is 18.0 Å². The van der Waals surface area contributed by atoms with Crippen LogP contribution >= 0.6 is 23.5 Å². The summed E-state index contributed by atoms with van der Waals surface area (Å²) in [7, 11) is 0. The Morgan fingerprint density at radius 1 is 1.53 bits per heavy atom. The molecule has 0 bridgehead atoms. The molecule has 17 heavy (non-hydrogen) atoms. The van der Waals surface area contributed by atoms with Crippen LogP contribution < -0.4 is 10.6 Å². The summed E-state index contributed by atoms with van der Waals surface area (Å²) in [5, 5.41) is 9.10. The third-order valence-corrected chi connectivity index (χ3v) is 5.11. The molecule has 0 fully saturated rings. The number of benzene rings is 1. The number of primary amides is 1. The third-order valence-electron chi connectivity index (χ3n) is 2.37. The maximum atomic E-state index is 10.8. The number of aliphatic hydroxyl groups is 1. The van der Waals surface area contributed by atoms with Gasteiger partial charge in [0.25, 0.3) is 0 Å². The van der Waals surface area contributed by atoms with Crippen molar-refractivity contribution in [3.05, 3.63) is 24.3 Å².